The second kappa shape index (κ2) is 3.18. The Kier molecular flexibility index (Phi) is 3.32. The fourth-order valence-corrected chi connectivity index (χ4v) is 0. The SMILES string of the molecule is CC[Si]N. The third-order valence-corrected chi connectivity index (χ3v) is 0.612. The first-order valence-electron chi connectivity index (χ1n) is 1.35. The van der Waals surface area contributed by atoms with Crippen LogP contribution in [0.1, 0.15) is 6.92 Å². The van der Waals surface area contributed by atoms with E-state index in [2.05, 4.69) is 6.92 Å². The van der Waals surface area contributed by atoms with Crippen LogP contribution >= 0.6 is 0 Å². The largest absolute Gasteiger partial charge is 0.353 e. The van der Waals surface area contributed by atoms with Gasteiger partial charge in [0.15, 0.2) is 0 Å². The highest BCUT2D eigenvalue weighted by molar-refractivity contribution is 6.30. The van der Waals surface area contributed by atoms with Gasteiger partial charge < -0.3 is 5.40 Å². The number of nitrogens with two attached hydrogens (primary N) is 1. The molecule has 0 aromatic heterocycles. The summed E-state index contributed by atoms with van der Waals surface area (Å²) in [6, 6.07) is 1.12. The van der Waals surface area contributed by atoms with Gasteiger partial charge in [0.25, 0.3) is 0 Å². The van der Waals surface area contributed by atoms with E-state index >= 15 is 0 Å². The zero-order chi connectivity index (χ0) is 3.41. The Labute approximate surface area is 29.1 Å². The lowest BCUT2D eigenvalue weighted by atomic mass is 11.0. The van der Waals surface area contributed by atoms with Gasteiger partial charge in [0, 0.05) is 0 Å². The molecule has 0 atom stereocenters. The average Bonchev–Trinajstić information content (AvgIpc) is 1.37. The first-order chi connectivity index (χ1) is 1.91. The highest BCUT2D eigenvalue weighted by Crippen LogP contribution is 1.56. The summed E-state index contributed by atoms with van der Waals surface area (Å²) in [6.07, 6.45) is 0. The Morgan fingerprint density at radius 3 is 2.25 bits per heavy atom. The van der Waals surface area contributed by atoms with E-state index in [9.17, 15) is 0 Å². The van der Waals surface area contributed by atoms with Gasteiger partial charge in [-0.25, -0.2) is 0 Å². The van der Waals surface area contributed by atoms with Crippen molar-refractivity contribution < 1.29 is 0 Å². The molecule has 1 nitrogen and oxygen atoms in total. The smallest absolute Gasteiger partial charge is 0.135 e. The fourth-order valence-electron chi connectivity index (χ4n) is 0. The first kappa shape index (κ1) is 4.18. The van der Waals surface area contributed by atoms with Crippen molar-refractivity contribution in [1.82, 2.24) is 0 Å². The van der Waals surface area contributed by atoms with Gasteiger partial charge in [-0.15, -0.1) is 0 Å². The molecular formula is C2H7NSi. The van der Waals surface area contributed by atoms with E-state index in [-0.39, 0.29) is 0 Å². The highest BCUT2D eigenvalue weighted by atomic mass is 28.2. The quantitative estimate of drug-likeness (QED) is 0.434. The Hall–Kier alpha value is 0.177. The predicted molar refractivity (Wildman–Crippen MR) is 20.4 cm³/mol. The molecular weight excluding hydrogens is 66.1 g/mol. The van der Waals surface area contributed by atoms with Crippen LogP contribution in [0.3, 0.4) is 0 Å². The number of hydrogen-bond donors (Lipinski definition) is 1. The molecule has 0 aromatic rings. The second-order valence-corrected chi connectivity index (χ2v) is 1.67. The van der Waals surface area contributed by atoms with E-state index in [1.807, 2.05) is 0 Å². The Morgan fingerprint density at radius 1 is 2.00 bits per heavy atom. The summed E-state index contributed by atoms with van der Waals surface area (Å²) in [5, 5.41) is 5.06. The van der Waals surface area contributed by atoms with Gasteiger partial charge in [-0.05, 0) is 6.04 Å². The van der Waals surface area contributed by atoms with Gasteiger partial charge in [0.1, 0.15) is 9.68 Å². The monoisotopic (exact) mass is 73.0 g/mol. The normalized spacial score (nSPS) is 7.50. The summed E-state index contributed by atoms with van der Waals surface area (Å²) in [4.78, 5) is 0. The molecule has 2 N–H and O–H groups in total. The van der Waals surface area contributed by atoms with Crippen LogP contribution in [-0.4, -0.2) is 9.68 Å². The van der Waals surface area contributed by atoms with Crippen LogP contribution in [0.5, 0.6) is 0 Å². The third-order valence-electron chi connectivity index (χ3n) is 0.204. The zero-order valence-electron chi connectivity index (χ0n) is 2.78. The molecule has 0 saturated heterocycles. The Balaban J connectivity index is 1.97. The van der Waals surface area contributed by atoms with Crippen molar-refractivity contribution in [2.45, 2.75) is 13.0 Å². The van der Waals surface area contributed by atoms with Crippen molar-refractivity contribution in [3.8, 4) is 0 Å². The molecule has 0 aliphatic heterocycles. The average molecular weight is 73.2 g/mol. The molecule has 2 radical (unpaired) electrons. The molecule has 0 aromatic carbocycles. The van der Waals surface area contributed by atoms with Gasteiger partial charge in [-0.2, -0.15) is 0 Å². The van der Waals surface area contributed by atoms with E-state index in [4.69, 9.17) is 5.40 Å². The minimum absolute atomic E-state index is 0.640. The molecule has 0 saturated carbocycles. The van der Waals surface area contributed by atoms with E-state index in [0.717, 1.165) is 6.04 Å². The Bertz CT molecular complexity index is 8.00. The minimum Gasteiger partial charge on any atom is -0.353 e. The topological polar surface area (TPSA) is 26.0 Å². The summed E-state index contributed by atoms with van der Waals surface area (Å²) in [7, 11) is 0.640. The number of rotatable bonds is 1. The Morgan fingerprint density at radius 2 is 2.25 bits per heavy atom. The lowest BCUT2D eigenvalue weighted by Gasteiger charge is -1.66. The molecule has 0 heterocycles. The molecule has 0 amide bonds. The summed E-state index contributed by atoms with van der Waals surface area (Å²) >= 11 is 0. The van der Waals surface area contributed by atoms with Gasteiger partial charge in [0.05, 0.1) is 0 Å². The molecule has 0 aliphatic rings. The lowest BCUT2D eigenvalue weighted by molar-refractivity contribution is 1.44. The third kappa shape index (κ3) is 2.18. The second-order valence-electron chi connectivity index (χ2n) is 0.558. The highest BCUT2D eigenvalue weighted by Gasteiger charge is 1.60. The molecule has 2 heteroatoms. The summed E-state index contributed by atoms with van der Waals surface area (Å²) in [5.74, 6) is 0. The maximum Gasteiger partial charge on any atom is 0.135 e. The van der Waals surface area contributed by atoms with E-state index in [0.29, 0.717) is 9.68 Å². The standard InChI is InChI=1S/C2H7NSi/c1-2-4-3/h2-3H2,1H3. The molecule has 0 rings (SSSR count). The van der Waals surface area contributed by atoms with E-state index < -0.39 is 0 Å². The van der Waals surface area contributed by atoms with E-state index in [1.54, 1.807) is 0 Å². The van der Waals surface area contributed by atoms with Crippen molar-refractivity contribution in [2.24, 2.45) is 5.40 Å². The minimum atomic E-state index is 0.640. The van der Waals surface area contributed by atoms with Crippen LogP contribution in [-0.2, 0) is 0 Å². The first-order valence-corrected chi connectivity index (χ1v) is 2.63. The summed E-state index contributed by atoms with van der Waals surface area (Å²) in [6.45, 7) is 2.07. The van der Waals surface area contributed by atoms with Crippen LogP contribution in [0.4, 0.5) is 0 Å². The maximum atomic E-state index is 5.06. The van der Waals surface area contributed by atoms with Crippen molar-refractivity contribution >= 4 is 9.68 Å². The van der Waals surface area contributed by atoms with Crippen molar-refractivity contribution in [3.05, 3.63) is 0 Å². The maximum absolute atomic E-state index is 5.06. The van der Waals surface area contributed by atoms with Crippen molar-refractivity contribution in [1.29, 1.82) is 0 Å². The molecule has 4 heavy (non-hydrogen) atoms. The summed E-state index contributed by atoms with van der Waals surface area (Å²) < 4.78 is 0. The summed E-state index contributed by atoms with van der Waals surface area (Å²) in [5.41, 5.74) is 0. The van der Waals surface area contributed by atoms with Gasteiger partial charge >= 0.3 is 0 Å². The van der Waals surface area contributed by atoms with Crippen LogP contribution in [0.15, 0.2) is 0 Å². The molecule has 0 spiro atoms. The van der Waals surface area contributed by atoms with Crippen LogP contribution in [0.25, 0.3) is 0 Å². The van der Waals surface area contributed by atoms with Crippen LogP contribution in [0.2, 0.25) is 6.04 Å². The van der Waals surface area contributed by atoms with Crippen LogP contribution < -0.4 is 5.40 Å². The van der Waals surface area contributed by atoms with Crippen LogP contribution in [0, 0.1) is 0 Å². The molecule has 24 valence electrons. The van der Waals surface area contributed by atoms with Gasteiger partial charge in [0.2, 0.25) is 0 Å². The fraction of sp³-hybridized carbons (Fsp3) is 1.00. The predicted octanol–water partition coefficient (Wildman–Crippen LogP) is 0.00250. The molecule has 0 fully saturated rings. The van der Waals surface area contributed by atoms with Crippen molar-refractivity contribution in [2.75, 3.05) is 0 Å². The zero-order valence-corrected chi connectivity index (χ0v) is 3.78. The van der Waals surface area contributed by atoms with Crippen molar-refractivity contribution in [3.63, 3.8) is 0 Å². The molecule has 0 bridgehead atoms. The molecule has 0 unspecified atom stereocenters. The van der Waals surface area contributed by atoms with Gasteiger partial charge in [-0.1, -0.05) is 6.92 Å². The van der Waals surface area contributed by atoms with Gasteiger partial charge in [-0.3, -0.25) is 0 Å². The lowest BCUT2D eigenvalue weighted by Crippen LogP contribution is -1.99. The van der Waals surface area contributed by atoms with E-state index in [1.165, 1.54) is 0 Å². The molecule has 0 aliphatic carbocycles. The number of hydrogen-bond acceptors (Lipinski definition) is 1.